The van der Waals surface area contributed by atoms with Crippen molar-refractivity contribution in [2.45, 2.75) is 57.7 Å². The lowest BCUT2D eigenvalue weighted by molar-refractivity contribution is 0.0911. The normalized spacial score (nSPS) is 16.6. The number of benzene rings is 2. The molecule has 0 saturated heterocycles. The first kappa shape index (κ1) is 24.6. The van der Waals surface area contributed by atoms with E-state index in [-0.39, 0.29) is 18.0 Å². The third-order valence-corrected chi connectivity index (χ3v) is 6.51. The van der Waals surface area contributed by atoms with E-state index in [0.717, 1.165) is 24.8 Å². The Kier molecular flexibility index (Phi) is 7.60. The molecule has 4 rings (SSSR count). The van der Waals surface area contributed by atoms with Crippen LogP contribution in [0.15, 0.2) is 48.5 Å². The van der Waals surface area contributed by atoms with E-state index in [4.69, 9.17) is 14.5 Å². The molecule has 0 radical (unpaired) electrons. The highest BCUT2D eigenvalue weighted by Gasteiger charge is 2.33. The zero-order chi connectivity index (χ0) is 24.9. The van der Waals surface area contributed by atoms with Gasteiger partial charge < -0.3 is 25.3 Å². The molecule has 0 saturated carbocycles. The van der Waals surface area contributed by atoms with Crippen LogP contribution in [0.1, 0.15) is 58.8 Å². The summed E-state index contributed by atoms with van der Waals surface area (Å²) in [5.74, 6) is 1.60. The fraction of sp³-hybridized carbons (Fsp3) is 0.407. The van der Waals surface area contributed by atoms with E-state index in [1.807, 2.05) is 43.3 Å². The zero-order valence-corrected chi connectivity index (χ0v) is 20.7. The number of amides is 1. The first-order valence-electron chi connectivity index (χ1n) is 12.0. The highest BCUT2D eigenvalue weighted by Crippen LogP contribution is 2.30. The number of nitrogens with zero attached hydrogens (tertiary/aromatic N) is 2. The van der Waals surface area contributed by atoms with Gasteiger partial charge >= 0.3 is 0 Å². The maximum Gasteiger partial charge on any atom is 0.273 e. The van der Waals surface area contributed by atoms with Gasteiger partial charge in [-0.1, -0.05) is 36.4 Å². The number of carbonyl (C=O) groups is 1. The van der Waals surface area contributed by atoms with Gasteiger partial charge in [-0.05, 0) is 56.4 Å². The van der Waals surface area contributed by atoms with E-state index in [2.05, 4.69) is 22.9 Å². The van der Waals surface area contributed by atoms with Crippen LogP contribution in [0.5, 0.6) is 11.5 Å². The summed E-state index contributed by atoms with van der Waals surface area (Å²) in [6.45, 7) is 3.61. The molecule has 3 N–H and O–H groups in total. The maximum absolute atomic E-state index is 13.0. The third kappa shape index (κ3) is 5.43. The number of aromatic nitrogens is 2. The van der Waals surface area contributed by atoms with Gasteiger partial charge in [-0.2, -0.15) is 0 Å². The van der Waals surface area contributed by atoms with Gasteiger partial charge in [0.25, 0.3) is 5.91 Å². The summed E-state index contributed by atoms with van der Waals surface area (Å²) in [6, 6.07) is 16.0. The third-order valence-electron chi connectivity index (χ3n) is 6.51. The largest absolute Gasteiger partial charge is 0.493 e. The van der Waals surface area contributed by atoms with Gasteiger partial charge in [0.05, 0.1) is 26.0 Å². The number of rotatable bonds is 10. The lowest BCUT2D eigenvalue weighted by Gasteiger charge is -2.31. The monoisotopic (exact) mass is 478 g/mol. The Labute approximate surface area is 206 Å². The van der Waals surface area contributed by atoms with Crippen molar-refractivity contribution >= 4 is 5.91 Å². The lowest BCUT2D eigenvalue weighted by Crippen LogP contribution is -2.52. The van der Waals surface area contributed by atoms with Crippen molar-refractivity contribution < 1.29 is 19.4 Å². The highest BCUT2D eigenvalue weighted by atomic mass is 16.5. The van der Waals surface area contributed by atoms with Gasteiger partial charge in [0.15, 0.2) is 17.2 Å². The molecule has 8 nitrogen and oxygen atoms in total. The zero-order valence-electron chi connectivity index (χ0n) is 20.7. The van der Waals surface area contributed by atoms with Crippen molar-refractivity contribution in [2.24, 2.45) is 0 Å². The fourth-order valence-electron chi connectivity index (χ4n) is 4.71. The van der Waals surface area contributed by atoms with E-state index in [1.165, 1.54) is 5.56 Å². The SMILES string of the molecule is COc1ccc(CC2NC(=O)c3c(C)nc([C@H](CCCc4ccccc4)[C@H](C)O)n3N2)cc1OC. The van der Waals surface area contributed by atoms with Crippen LogP contribution in [0, 0.1) is 6.92 Å². The lowest BCUT2D eigenvalue weighted by atomic mass is 9.94. The van der Waals surface area contributed by atoms with Crippen molar-refractivity contribution in [3.05, 3.63) is 76.9 Å². The second kappa shape index (κ2) is 10.8. The van der Waals surface area contributed by atoms with Crippen LogP contribution in [0.3, 0.4) is 0 Å². The second-order valence-electron chi connectivity index (χ2n) is 9.01. The van der Waals surface area contributed by atoms with Crippen molar-refractivity contribution in [1.82, 2.24) is 15.0 Å². The number of aliphatic hydroxyl groups excluding tert-OH is 1. The predicted octanol–water partition coefficient (Wildman–Crippen LogP) is 3.55. The van der Waals surface area contributed by atoms with Crippen molar-refractivity contribution in [2.75, 3.05) is 19.6 Å². The molecule has 2 aromatic carbocycles. The van der Waals surface area contributed by atoms with Crippen LogP contribution in [-0.4, -0.2) is 47.2 Å². The van der Waals surface area contributed by atoms with Crippen LogP contribution in [-0.2, 0) is 12.8 Å². The molecule has 2 heterocycles. The number of nitrogens with one attached hydrogen (secondary N) is 2. The standard InChI is InChI=1S/C27H34N4O4/c1-17-25-27(33)29-24(16-20-13-14-22(34-3)23(15-20)35-4)30-31(25)26(28-17)21(18(2)32)12-8-11-19-9-6-5-7-10-19/h5-7,9-10,13-15,18,21,24,30,32H,8,11-12,16H2,1-4H3,(H,29,33)/t18-,21+,24?/m0/s1. The molecule has 8 heteroatoms. The van der Waals surface area contributed by atoms with Crippen LogP contribution in [0.2, 0.25) is 0 Å². The summed E-state index contributed by atoms with van der Waals surface area (Å²) >= 11 is 0. The average Bonchev–Trinajstić information content (AvgIpc) is 3.18. The minimum absolute atomic E-state index is 0.181. The van der Waals surface area contributed by atoms with Gasteiger partial charge in [0.1, 0.15) is 12.0 Å². The molecule has 3 aromatic rings. The molecular weight excluding hydrogens is 444 g/mol. The maximum atomic E-state index is 13.0. The smallest absolute Gasteiger partial charge is 0.273 e. The van der Waals surface area contributed by atoms with E-state index in [0.29, 0.717) is 35.1 Å². The summed E-state index contributed by atoms with van der Waals surface area (Å²) in [5.41, 5.74) is 6.79. The number of carbonyl (C=O) groups excluding carboxylic acids is 1. The van der Waals surface area contributed by atoms with E-state index < -0.39 is 6.10 Å². The number of aryl methyl sites for hydroxylation is 2. The quantitative estimate of drug-likeness (QED) is 0.412. The Morgan fingerprint density at radius 3 is 2.51 bits per heavy atom. The Morgan fingerprint density at radius 2 is 1.83 bits per heavy atom. The summed E-state index contributed by atoms with van der Waals surface area (Å²) in [7, 11) is 3.20. The van der Waals surface area contributed by atoms with E-state index in [9.17, 15) is 9.90 Å². The first-order chi connectivity index (χ1) is 16.9. The first-order valence-corrected chi connectivity index (χ1v) is 12.0. The summed E-state index contributed by atoms with van der Waals surface area (Å²) in [4.78, 5) is 17.7. The van der Waals surface area contributed by atoms with Gasteiger partial charge in [-0.25, -0.2) is 9.66 Å². The van der Waals surface area contributed by atoms with Crippen LogP contribution >= 0.6 is 0 Å². The topological polar surface area (TPSA) is 97.6 Å². The predicted molar refractivity (Wildman–Crippen MR) is 135 cm³/mol. The minimum atomic E-state index is -0.604. The van der Waals surface area contributed by atoms with Crippen LogP contribution < -0.4 is 20.2 Å². The molecule has 1 aromatic heterocycles. The molecule has 1 unspecified atom stereocenters. The highest BCUT2D eigenvalue weighted by molar-refractivity contribution is 5.95. The van der Waals surface area contributed by atoms with Crippen molar-refractivity contribution in [3.63, 3.8) is 0 Å². The minimum Gasteiger partial charge on any atom is -0.493 e. The van der Waals surface area contributed by atoms with Gasteiger partial charge in [-0.15, -0.1) is 0 Å². The summed E-state index contributed by atoms with van der Waals surface area (Å²) < 4.78 is 12.5. The molecule has 186 valence electrons. The molecule has 35 heavy (non-hydrogen) atoms. The number of imidazole rings is 1. The molecule has 0 bridgehead atoms. The van der Waals surface area contributed by atoms with E-state index in [1.54, 1.807) is 25.8 Å². The Hall–Kier alpha value is -3.52. The second-order valence-corrected chi connectivity index (χ2v) is 9.01. The van der Waals surface area contributed by atoms with Gasteiger partial charge in [-0.3, -0.25) is 4.79 Å². The molecular formula is C27H34N4O4. The Balaban J connectivity index is 1.53. The number of hydrogen-bond acceptors (Lipinski definition) is 6. The molecule has 0 aliphatic carbocycles. The number of ether oxygens (including phenoxy) is 2. The summed E-state index contributed by atoms with van der Waals surface area (Å²) in [6.07, 6.45) is 2.17. The van der Waals surface area contributed by atoms with Crippen LogP contribution in [0.4, 0.5) is 0 Å². The van der Waals surface area contributed by atoms with Crippen molar-refractivity contribution in [3.8, 4) is 11.5 Å². The fourth-order valence-corrected chi connectivity index (χ4v) is 4.71. The molecule has 3 atom stereocenters. The Morgan fingerprint density at radius 1 is 1.09 bits per heavy atom. The van der Waals surface area contributed by atoms with E-state index >= 15 is 0 Å². The molecule has 1 aliphatic heterocycles. The average molecular weight is 479 g/mol. The number of fused-ring (bicyclic) bond motifs is 1. The van der Waals surface area contributed by atoms with Gasteiger partial charge in [0.2, 0.25) is 0 Å². The Bertz CT molecular complexity index is 1160. The van der Waals surface area contributed by atoms with Crippen LogP contribution in [0.25, 0.3) is 0 Å². The van der Waals surface area contributed by atoms with Gasteiger partial charge in [0, 0.05) is 12.3 Å². The summed E-state index contributed by atoms with van der Waals surface area (Å²) in [5, 5.41) is 13.7. The molecule has 1 amide bonds. The number of aliphatic hydroxyl groups is 1. The van der Waals surface area contributed by atoms with Crippen molar-refractivity contribution in [1.29, 1.82) is 0 Å². The molecule has 1 aliphatic rings. The molecule has 0 spiro atoms. The number of methoxy groups -OCH3 is 2. The molecule has 0 fully saturated rings. The number of hydrogen-bond donors (Lipinski definition) is 3.